The molecule has 2 aliphatic rings. The number of phosphoric acid groups is 1. The van der Waals surface area contributed by atoms with Crippen LogP contribution in [0.1, 0.15) is 17.5 Å². The van der Waals surface area contributed by atoms with Crippen LogP contribution in [0.4, 0.5) is 4.39 Å². The highest BCUT2D eigenvalue weighted by atomic mass is 31.2. The van der Waals surface area contributed by atoms with E-state index >= 15 is 4.39 Å². The number of aliphatic hydroxyl groups is 1. The first-order chi connectivity index (χ1) is 14.1. The van der Waals surface area contributed by atoms with Crippen LogP contribution in [0.2, 0.25) is 0 Å². The molecule has 12 heteroatoms. The average molecular weight is 442 g/mol. The van der Waals surface area contributed by atoms with E-state index < -0.39 is 50.2 Å². The number of aromatic amines is 1. The Morgan fingerprint density at radius 1 is 1.40 bits per heavy atom. The maximum Gasteiger partial charge on any atom is 0.530 e. The summed E-state index contributed by atoms with van der Waals surface area (Å²) in [6.45, 7) is 0.867. The molecule has 1 unspecified atom stereocenters. The van der Waals surface area contributed by atoms with Gasteiger partial charge in [-0.1, -0.05) is 17.7 Å². The number of hydrogen-bond donors (Lipinski definition) is 2. The molecule has 0 aliphatic carbocycles. The first-order valence-corrected chi connectivity index (χ1v) is 10.6. The fourth-order valence-electron chi connectivity index (χ4n) is 3.32. The molecule has 0 amide bonds. The number of fused-ring (bicyclic) bond motifs is 1. The Morgan fingerprint density at radius 3 is 2.97 bits per heavy atom. The molecule has 4 atom stereocenters. The Balaban J connectivity index is 1.40. The predicted octanol–water partition coefficient (Wildman–Crippen LogP) is 1.39. The first-order valence-electron chi connectivity index (χ1n) is 9.18. The van der Waals surface area contributed by atoms with Crippen LogP contribution in [0.5, 0.6) is 5.75 Å². The lowest BCUT2D eigenvalue weighted by molar-refractivity contribution is -0.162. The quantitative estimate of drug-likeness (QED) is 0.665. The smallest absolute Gasteiger partial charge is 0.404 e. The second-order valence-electron chi connectivity index (χ2n) is 7.27. The predicted molar refractivity (Wildman–Crippen MR) is 101 cm³/mol. The van der Waals surface area contributed by atoms with Crippen LogP contribution >= 0.6 is 7.82 Å². The minimum absolute atomic E-state index is 0.0190. The summed E-state index contributed by atoms with van der Waals surface area (Å²) in [5.74, 6) is -2.14. The lowest BCUT2D eigenvalue weighted by Gasteiger charge is -2.27. The van der Waals surface area contributed by atoms with Crippen molar-refractivity contribution in [1.82, 2.24) is 9.55 Å². The molecular formula is C18H20FN2O8P. The van der Waals surface area contributed by atoms with Gasteiger partial charge in [0.1, 0.15) is 18.5 Å². The summed E-state index contributed by atoms with van der Waals surface area (Å²) in [5, 5.41) is 10.1. The van der Waals surface area contributed by atoms with Crippen molar-refractivity contribution < 1.29 is 32.4 Å². The van der Waals surface area contributed by atoms with Crippen molar-refractivity contribution in [3.8, 4) is 5.75 Å². The number of nitrogens with one attached hydrogen (secondary N) is 1. The summed E-state index contributed by atoms with van der Waals surface area (Å²) < 4.78 is 49.7. The minimum atomic E-state index is -4.07. The van der Waals surface area contributed by atoms with Crippen LogP contribution in [-0.4, -0.2) is 39.3 Å². The zero-order valence-electron chi connectivity index (χ0n) is 15.9. The molecule has 30 heavy (non-hydrogen) atoms. The first kappa shape index (κ1) is 21.0. The van der Waals surface area contributed by atoms with Crippen LogP contribution in [0, 0.1) is 6.92 Å². The largest absolute Gasteiger partial charge is 0.530 e. The zero-order chi connectivity index (χ0) is 21.5. The molecule has 1 saturated heterocycles. The second kappa shape index (κ2) is 7.75. The Hall–Kier alpha value is -2.30. The number of aryl methyl sites for hydroxylation is 1. The summed E-state index contributed by atoms with van der Waals surface area (Å²) >= 11 is 0. The molecule has 3 heterocycles. The summed E-state index contributed by atoms with van der Waals surface area (Å²) in [4.78, 5) is 25.0. The Bertz CT molecular complexity index is 1120. The fourth-order valence-corrected chi connectivity index (χ4v) is 4.57. The van der Waals surface area contributed by atoms with E-state index in [4.69, 9.17) is 18.3 Å². The number of ether oxygens (including phenoxy) is 1. The van der Waals surface area contributed by atoms with Gasteiger partial charge in [0, 0.05) is 24.2 Å². The molecule has 2 aliphatic heterocycles. The van der Waals surface area contributed by atoms with Gasteiger partial charge in [0.05, 0.1) is 19.3 Å². The minimum Gasteiger partial charge on any atom is -0.404 e. The number of phosphoric ester groups is 1. The number of aromatic nitrogens is 2. The lowest BCUT2D eigenvalue weighted by atomic mass is 10.1. The van der Waals surface area contributed by atoms with Crippen LogP contribution in [0.3, 0.4) is 0 Å². The molecule has 0 saturated carbocycles. The molecule has 0 bridgehead atoms. The zero-order valence-corrected chi connectivity index (χ0v) is 16.8. The van der Waals surface area contributed by atoms with Gasteiger partial charge in [0.25, 0.3) is 5.56 Å². The third kappa shape index (κ3) is 4.40. The number of nitrogens with zero attached hydrogens (tertiary/aromatic N) is 1. The molecule has 2 N–H and O–H groups in total. The summed E-state index contributed by atoms with van der Waals surface area (Å²) in [6, 6.07) is 6.33. The molecule has 1 aromatic carbocycles. The third-order valence-electron chi connectivity index (χ3n) is 4.82. The van der Waals surface area contributed by atoms with E-state index in [-0.39, 0.29) is 13.2 Å². The van der Waals surface area contributed by atoms with Gasteiger partial charge in [-0.25, -0.2) is 13.8 Å². The average Bonchev–Trinajstić information content (AvgIpc) is 2.97. The van der Waals surface area contributed by atoms with E-state index in [9.17, 15) is 19.3 Å². The monoisotopic (exact) mass is 442 g/mol. The van der Waals surface area contributed by atoms with Crippen molar-refractivity contribution in [2.75, 3.05) is 6.61 Å². The molecule has 0 spiro atoms. The topological polar surface area (TPSA) is 129 Å². The normalized spacial score (nSPS) is 30.6. The van der Waals surface area contributed by atoms with E-state index in [0.29, 0.717) is 11.3 Å². The molecular weight excluding hydrogens is 422 g/mol. The summed E-state index contributed by atoms with van der Waals surface area (Å²) in [7, 11) is -4.07. The maximum absolute atomic E-state index is 15.1. The molecule has 162 valence electrons. The van der Waals surface area contributed by atoms with Crippen molar-refractivity contribution in [3.05, 3.63) is 62.4 Å². The number of benzene rings is 1. The fraction of sp³-hybridized carbons (Fsp3) is 0.444. The highest BCUT2D eigenvalue weighted by molar-refractivity contribution is 7.49. The van der Waals surface area contributed by atoms with Crippen LogP contribution in [-0.2, 0) is 31.5 Å². The molecule has 1 fully saturated rings. The SMILES string of the molecule is Cc1ccc2c(c1)COP(=O)(OC[C@]1(F)C[C@@H](O)[C@H](Cn3ccc(=O)[nH]c3=O)O1)O2. The Morgan fingerprint density at radius 2 is 2.20 bits per heavy atom. The number of rotatable bonds is 5. The summed E-state index contributed by atoms with van der Waals surface area (Å²) in [5.41, 5.74) is 0.376. The number of halogens is 1. The Labute approximate surface area is 169 Å². The van der Waals surface area contributed by atoms with E-state index in [1.54, 1.807) is 12.1 Å². The number of alkyl halides is 1. The molecule has 0 radical (unpaired) electrons. The van der Waals surface area contributed by atoms with Gasteiger partial charge in [-0.05, 0) is 13.0 Å². The van der Waals surface area contributed by atoms with E-state index in [2.05, 4.69) is 4.98 Å². The number of hydrogen-bond acceptors (Lipinski definition) is 8. The van der Waals surface area contributed by atoms with Crippen LogP contribution in [0.25, 0.3) is 0 Å². The van der Waals surface area contributed by atoms with Crippen molar-refractivity contribution in [1.29, 1.82) is 0 Å². The van der Waals surface area contributed by atoms with Crippen molar-refractivity contribution in [2.45, 2.75) is 44.6 Å². The standard InChI is InChI=1S/C18H20FN2O8P/c1-11-2-3-14-12(6-11)9-26-30(25,29-14)27-10-18(19)7-13(22)15(28-18)8-21-5-4-16(23)20-17(21)24/h2-6,13,15,22H,7-10H2,1H3,(H,20,23,24)/t13-,15+,18+,30?/m1/s1. The molecule has 4 rings (SSSR count). The van der Waals surface area contributed by atoms with Crippen molar-refractivity contribution >= 4 is 7.82 Å². The van der Waals surface area contributed by atoms with Gasteiger partial charge in [0.2, 0.25) is 5.85 Å². The summed E-state index contributed by atoms with van der Waals surface area (Å²) in [6.07, 6.45) is -1.59. The highest BCUT2D eigenvalue weighted by Crippen LogP contribution is 2.55. The molecule has 2 aromatic rings. The maximum atomic E-state index is 15.1. The van der Waals surface area contributed by atoms with Gasteiger partial charge < -0.3 is 14.4 Å². The van der Waals surface area contributed by atoms with Gasteiger partial charge in [-0.2, -0.15) is 0 Å². The van der Waals surface area contributed by atoms with E-state index in [0.717, 1.165) is 16.2 Å². The molecule has 1 aromatic heterocycles. The number of aliphatic hydroxyl groups excluding tert-OH is 1. The highest BCUT2D eigenvalue weighted by Gasteiger charge is 2.49. The van der Waals surface area contributed by atoms with E-state index in [1.807, 2.05) is 13.0 Å². The van der Waals surface area contributed by atoms with Gasteiger partial charge in [-0.15, -0.1) is 0 Å². The van der Waals surface area contributed by atoms with Gasteiger partial charge in [-0.3, -0.25) is 23.4 Å². The molecule has 10 nitrogen and oxygen atoms in total. The Kier molecular flexibility index (Phi) is 5.41. The second-order valence-corrected chi connectivity index (χ2v) is 8.86. The van der Waals surface area contributed by atoms with Gasteiger partial charge >= 0.3 is 13.5 Å². The lowest BCUT2D eigenvalue weighted by Crippen LogP contribution is -2.36. The number of H-pyrrole nitrogens is 1. The van der Waals surface area contributed by atoms with Gasteiger partial charge in [0.15, 0.2) is 0 Å². The van der Waals surface area contributed by atoms with E-state index in [1.165, 1.54) is 6.20 Å². The van der Waals surface area contributed by atoms with Crippen molar-refractivity contribution in [2.24, 2.45) is 0 Å². The van der Waals surface area contributed by atoms with Crippen molar-refractivity contribution in [3.63, 3.8) is 0 Å². The van der Waals surface area contributed by atoms with Crippen LogP contribution < -0.4 is 15.8 Å². The third-order valence-corrected chi connectivity index (χ3v) is 6.13. The van der Waals surface area contributed by atoms with Crippen LogP contribution in [0.15, 0.2) is 40.1 Å².